The van der Waals surface area contributed by atoms with Crippen molar-refractivity contribution in [1.82, 2.24) is 10.2 Å². The van der Waals surface area contributed by atoms with Crippen LogP contribution >= 0.6 is 0 Å². The molecule has 2 unspecified atom stereocenters. The molecule has 2 saturated carbocycles. The van der Waals surface area contributed by atoms with E-state index in [0.717, 1.165) is 62.3 Å². The molecule has 29 heavy (non-hydrogen) atoms. The zero-order valence-electron chi connectivity index (χ0n) is 15.9. The number of furan rings is 1. The molecule has 2 aliphatic rings. The highest BCUT2D eigenvalue weighted by Crippen LogP contribution is 2.77. The van der Waals surface area contributed by atoms with Crippen LogP contribution in [0.25, 0.3) is 44.5 Å². The van der Waals surface area contributed by atoms with E-state index in [-0.39, 0.29) is 0 Å². The molecule has 140 valence electrons. The third-order valence-corrected chi connectivity index (χ3v) is 6.78. The lowest BCUT2D eigenvalue weighted by Crippen LogP contribution is -1.95. The second kappa shape index (κ2) is 5.35. The van der Waals surface area contributed by atoms with Gasteiger partial charge in [-0.3, -0.25) is 0 Å². The van der Waals surface area contributed by atoms with Crippen molar-refractivity contribution in [3.63, 3.8) is 0 Å². The molecule has 7 rings (SSSR count). The van der Waals surface area contributed by atoms with Gasteiger partial charge in [-0.2, -0.15) is 0 Å². The van der Waals surface area contributed by atoms with Crippen LogP contribution in [0.4, 0.5) is 0 Å². The van der Waals surface area contributed by atoms with Crippen molar-refractivity contribution in [2.24, 2.45) is 17.8 Å². The van der Waals surface area contributed by atoms with Gasteiger partial charge in [0.05, 0.1) is 0 Å². The first kappa shape index (κ1) is 15.5. The van der Waals surface area contributed by atoms with Crippen LogP contribution in [0.15, 0.2) is 75.6 Å². The molecule has 0 bridgehead atoms. The number of hydrogen-bond donors (Lipinski definition) is 0. The van der Waals surface area contributed by atoms with E-state index in [4.69, 9.17) is 8.83 Å². The molecule has 2 heterocycles. The summed E-state index contributed by atoms with van der Waals surface area (Å²) in [5.41, 5.74) is 4.98. The summed E-state index contributed by atoms with van der Waals surface area (Å²) in [5, 5.41) is 10.8. The standard InChI is InChI=1S/C25H18N2O2/c1-13-20-21(13)22(20)25-27-26-24(29-25)15-11-9-14(10-12-15)16-6-4-7-18-17-5-2-3-8-19(17)28-23(16)18/h2-13,20-22H,1H3. The van der Waals surface area contributed by atoms with Crippen LogP contribution in [0.2, 0.25) is 0 Å². The maximum absolute atomic E-state index is 6.17. The van der Waals surface area contributed by atoms with Gasteiger partial charge in [0.2, 0.25) is 11.8 Å². The van der Waals surface area contributed by atoms with Crippen molar-refractivity contribution in [2.75, 3.05) is 0 Å². The van der Waals surface area contributed by atoms with Gasteiger partial charge in [-0.15, -0.1) is 10.2 Å². The first-order chi connectivity index (χ1) is 14.3. The monoisotopic (exact) mass is 378 g/mol. The molecule has 4 heteroatoms. The molecule has 2 fully saturated rings. The molecule has 2 atom stereocenters. The van der Waals surface area contributed by atoms with Gasteiger partial charge < -0.3 is 8.83 Å². The smallest absolute Gasteiger partial charge is 0.247 e. The molecule has 0 saturated heterocycles. The quantitative estimate of drug-likeness (QED) is 0.371. The molecule has 0 spiro atoms. The van der Waals surface area contributed by atoms with Crippen LogP contribution in [0.5, 0.6) is 0 Å². The van der Waals surface area contributed by atoms with Crippen molar-refractivity contribution in [3.8, 4) is 22.6 Å². The van der Waals surface area contributed by atoms with E-state index in [1.807, 2.05) is 30.3 Å². The molecular formula is C25H18N2O2. The average Bonchev–Trinajstić information content (AvgIpc) is 3.53. The predicted octanol–water partition coefficient (Wildman–Crippen LogP) is 6.28. The molecule has 0 aliphatic heterocycles. The molecule has 3 aromatic carbocycles. The molecule has 4 nitrogen and oxygen atoms in total. The lowest BCUT2D eigenvalue weighted by Gasteiger charge is -2.04. The summed E-state index contributed by atoms with van der Waals surface area (Å²) in [6.45, 7) is 2.30. The number of fused-ring (bicyclic) bond motifs is 4. The molecule has 0 radical (unpaired) electrons. The zero-order valence-corrected chi connectivity index (χ0v) is 15.9. The third kappa shape index (κ3) is 2.14. The van der Waals surface area contributed by atoms with Gasteiger partial charge in [0.1, 0.15) is 11.2 Å². The van der Waals surface area contributed by atoms with Crippen molar-refractivity contribution in [3.05, 3.63) is 72.6 Å². The van der Waals surface area contributed by atoms with Crippen molar-refractivity contribution >= 4 is 21.9 Å². The van der Waals surface area contributed by atoms with Gasteiger partial charge in [0.25, 0.3) is 0 Å². The predicted molar refractivity (Wildman–Crippen MR) is 111 cm³/mol. The fraction of sp³-hybridized carbons (Fsp3) is 0.200. The maximum Gasteiger partial charge on any atom is 0.247 e. The van der Waals surface area contributed by atoms with Gasteiger partial charge in [0.15, 0.2) is 0 Å². The molecule has 2 aromatic heterocycles. The first-order valence-corrected chi connectivity index (χ1v) is 10.1. The average molecular weight is 378 g/mol. The van der Waals surface area contributed by atoms with Crippen molar-refractivity contribution < 1.29 is 8.83 Å². The second-order valence-corrected chi connectivity index (χ2v) is 8.34. The Labute approximate surface area is 167 Å². The van der Waals surface area contributed by atoms with Gasteiger partial charge in [-0.1, -0.05) is 55.5 Å². The van der Waals surface area contributed by atoms with Crippen LogP contribution in [0, 0.1) is 17.8 Å². The van der Waals surface area contributed by atoms with E-state index >= 15 is 0 Å². The highest BCUT2D eigenvalue weighted by atomic mass is 16.4. The fourth-order valence-electron chi connectivity index (χ4n) is 4.98. The van der Waals surface area contributed by atoms with Gasteiger partial charge >= 0.3 is 0 Å². The normalized spacial score (nSPS) is 24.7. The largest absolute Gasteiger partial charge is 0.455 e. The maximum atomic E-state index is 6.17. The van der Waals surface area contributed by atoms with E-state index in [9.17, 15) is 0 Å². The first-order valence-electron chi connectivity index (χ1n) is 10.1. The summed E-state index contributed by atoms with van der Waals surface area (Å²) in [6, 6.07) is 22.7. The number of benzene rings is 3. The number of rotatable bonds is 3. The minimum Gasteiger partial charge on any atom is -0.455 e. The fourth-order valence-corrected chi connectivity index (χ4v) is 4.98. The lowest BCUT2D eigenvalue weighted by molar-refractivity contribution is 0.449. The van der Waals surface area contributed by atoms with E-state index in [1.165, 1.54) is 0 Å². The minimum atomic E-state index is 0.510. The highest BCUT2D eigenvalue weighted by molar-refractivity contribution is 6.09. The second-order valence-electron chi connectivity index (χ2n) is 8.34. The Kier molecular flexibility index (Phi) is 2.86. The summed E-state index contributed by atoms with van der Waals surface area (Å²) < 4.78 is 12.1. The van der Waals surface area contributed by atoms with E-state index in [0.29, 0.717) is 11.8 Å². The Balaban J connectivity index is 1.25. The summed E-state index contributed by atoms with van der Waals surface area (Å²) in [6.07, 6.45) is 0. The number of hydrogen-bond acceptors (Lipinski definition) is 4. The molecule has 2 aliphatic carbocycles. The summed E-state index contributed by atoms with van der Waals surface area (Å²) >= 11 is 0. The number of nitrogens with zero attached hydrogens (tertiary/aromatic N) is 2. The Bertz CT molecular complexity index is 1390. The molecule has 0 amide bonds. The third-order valence-electron chi connectivity index (χ3n) is 6.78. The zero-order chi connectivity index (χ0) is 19.1. The van der Waals surface area contributed by atoms with Crippen LogP contribution in [-0.2, 0) is 0 Å². The van der Waals surface area contributed by atoms with Crippen LogP contribution in [-0.4, -0.2) is 10.2 Å². The molecular weight excluding hydrogens is 360 g/mol. The van der Waals surface area contributed by atoms with E-state index in [1.54, 1.807) is 0 Å². The Morgan fingerprint density at radius 3 is 2.31 bits per heavy atom. The Hall–Kier alpha value is -3.40. The van der Waals surface area contributed by atoms with E-state index in [2.05, 4.69) is 53.5 Å². The number of aromatic nitrogens is 2. The van der Waals surface area contributed by atoms with Gasteiger partial charge in [0, 0.05) is 27.8 Å². The number of para-hydroxylation sites is 2. The van der Waals surface area contributed by atoms with Crippen molar-refractivity contribution in [1.29, 1.82) is 0 Å². The molecule has 0 N–H and O–H groups in total. The minimum absolute atomic E-state index is 0.510. The van der Waals surface area contributed by atoms with Gasteiger partial charge in [-0.05, 0) is 41.5 Å². The SMILES string of the molecule is CC1C2C(c3nnc(-c4ccc(-c5cccc6c5oc5ccccc56)cc4)o3)C12. The molecule has 5 aromatic rings. The summed E-state index contributed by atoms with van der Waals surface area (Å²) in [4.78, 5) is 0. The Morgan fingerprint density at radius 2 is 1.48 bits per heavy atom. The van der Waals surface area contributed by atoms with Crippen molar-refractivity contribution in [2.45, 2.75) is 12.8 Å². The lowest BCUT2D eigenvalue weighted by atomic mass is 10.0. The Morgan fingerprint density at radius 1 is 0.724 bits per heavy atom. The summed E-state index contributed by atoms with van der Waals surface area (Å²) in [5.74, 6) is 4.34. The topological polar surface area (TPSA) is 52.1 Å². The van der Waals surface area contributed by atoms with Crippen LogP contribution in [0.3, 0.4) is 0 Å². The van der Waals surface area contributed by atoms with Gasteiger partial charge in [-0.25, -0.2) is 0 Å². The van der Waals surface area contributed by atoms with Crippen LogP contribution < -0.4 is 0 Å². The van der Waals surface area contributed by atoms with E-state index < -0.39 is 0 Å². The highest BCUT2D eigenvalue weighted by Gasteiger charge is 2.73. The summed E-state index contributed by atoms with van der Waals surface area (Å²) in [7, 11) is 0. The van der Waals surface area contributed by atoms with Crippen LogP contribution in [0.1, 0.15) is 18.7 Å².